The minimum atomic E-state index is -0.476. The maximum Gasteiger partial charge on any atom is 0.238 e. The summed E-state index contributed by atoms with van der Waals surface area (Å²) in [6.45, 7) is 2.27. The number of hydrogen-bond acceptors (Lipinski definition) is 5. The molecule has 8 heteroatoms. The molecule has 7 nitrogen and oxygen atoms in total. The molecule has 1 aliphatic heterocycles. The van der Waals surface area contributed by atoms with E-state index in [0.717, 1.165) is 53.4 Å². The highest BCUT2D eigenvalue weighted by Gasteiger charge is 2.27. The monoisotopic (exact) mass is 444 g/mol. The first kappa shape index (κ1) is 21.1. The van der Waals surface area contributed by atoms with Crippen LogP contribution in [0.2, 0.25) is 0 Å². The van der Waals surface area contributed by atoms with Crippen molar-refractivity contribution in [2.24, 2.45) is 0 Å². The molecular weight excluding hydrogens is 419 g/mol. The number of methoxy groups -OCH3 is 1. The van der Waals surface area contributed by atoms with E-state index in [4.69, 9.17) is 9.72 Å². The number of alkyl halides is 1. The second-order valence-corrected chi connectivity index (χ2v) is 8.10. The van der Waals surface area contributed by atoms with Crippen molar-refractivity contribution in [2.75, 3.05) is 7.11 Å². The third-order valence-electron chi connectivity index (χ3n) is 5.91. The van der Waals surface area contributed by atoms with Gasteiger partial charge in [0, 0.05) is 18.7 Å². The van der Waals surface area contributed by atoms with Gasteiger partial charge in [-0.25, -0.2) is 24.0 Å². The average molecular weight is 445 g/mol. The molecule has 0 amide bonds. The number of imidazole rings is 1. The van der Waals surface area contributed by atoms with Gasteiger partial charge in [-0.05, 0) is 55.2 Å². The summed E-state index contributed by atoms with van der Waals surface area (Å²) in [5, 5.41) is 4.66. The van der Waals surface area contributed by atoms with Gasteiger partial charge in [-0.3, -0.25) is 0 Å². The molecule has 0 spiro atoms. The summed E-state index contributed by atoms with van der Waals surface area (Å²) < 4.78 is 22.9. The second-order valence-electron chi connectivity index (χ2n) is 8.10. The van der Waals surface area contributed by atoms with Gasteiger partial charge in [0.05, 0.1) is 24.8 Å². The molecule has 0 bridgehead atoms. The number of benzene rings is 1. The van der Waals surface area contributed by atoms with Crippen LogP contribution in [-0.4, -0.2) is 36.4 Å². The summed E-state index contributed by atoms with van der Waals surface area (Å²) in [7, 11) is 1.60. The zero-order chi connectivity index (χ0) is 22.8. The van der Waals surface area contributed by atoms with Crippen molar-refractivity contribution in [3.8, 4) is 11.6 Å². The Morgan fingerprint density at radius 1 is 1.15 bits per heavy atom. The number of hydrogen-bond donors (Lipinski definition) is 0. The largest absolute Gasteiger partial charge is 0.479 e. The van der Waals surface area contributed by atoms with E-state index in [9.17, 15) is 4.39 Å². The Balaban J connectivity index is 1.42. The normalized spacial score (nSPS) is 15.7. The van der Waals surface area contributed by atoms with Gasteiger partial charge in [-0.2, -0.15) is 5.10 Å². The van der Waals surface area contributed by atoms with Gasteiger partial charge in [0.2, 0.25) is 5.88 Å². The average Bonchev–Trinajstić information content (AvgIpc) is 3.48. The Hall–Kier alpha value is -3.81. The highest BCUT2D eigenvalue weighted by atomic mass is 19.1. The lowest BCUT2D eigenvalue weighted by Gasteiger charge is -2.23. The molecule has 3 aromatic heterocycles. The molecule has 0 unspecified atom stereocenters. The molecule has 0 fully saturated rings. The van der Waals surface area contributed by atoms with Crippen LogP contribution in [0.1, 0.15) is 52.9 Å². The predicted octanol–water partition coefficient (Wildman–Crippen LogP) is 4.74. The van der Waals surface area contributed by atoms with E-state index < -0.39 is 6.67 Å². The molecule has 1 aromatic carbocycles. The minimum absolute atomic E-state index is 0.0523. The third-order valence-corrected chi connectivity index (χ3v) is 5.91. The first-order valence-corrected chi connectivity index (χ1v) is 11.0. The summed E-state index contributed by atoms with van der Waals surface area (Å²) in [4.78, 5) is 13.6. The van der Waals surface area contributed by atoms with Gasteiger partial charge in [0.1, 0.15) is 18.2 Å². The Kier molecular flexibility index (Phi) is 5.73. The van der Waals surface area contributed by atoms with Crippen molar-refractivity contribution in [1.82, 2.24) is 29.3 Å². The van der Waals surface area contributed by atoms with Crippen LogP contribution in [0, 0.1) is 6.92 Å². The molecule has 1 aliphatic rings. The van der Waals surface area contributed by atoms with Crippen molar-refractivity contribution < 1.29 is 9.13 Å². The van der Waals surface area contributed by atoms with Gasteiger partial charge in [0.25, 0.3) is 0 Å². The van der Waals surface area contributed by atoms with Crippen LogP contribution >= 0.6 is 0 Å². The first-order chi connectivity index (χ1) is 16.2. The van der Waals surface area contributed by atoms with E-state index in [1.807, 2.05) is 70.9 Å². The van der Waals surface area contributed by atoms with Crippen molar-refractivity contribution in [3.63, 3.8) is 0 Å². The van der Waals surface area contributed by atoms with Crippen LogP contribution in [0.3, 0.4) is 0 Å². The lowest BCUT2D eigenvalue weighted by molar-refractivity contribution is 0.395. The lowest BCUT2D eigenvalue weighted by Crippen LogP contribution is -2.18. The predicted molar refractivity (Wildman–Crippen MR) is 124 cm³/mol. The summed E-state index contributed by atoms with van der Waals surface area (Å²) in [5.74, 6) is 2.06. The highest BCUT2D eigenvalue weighted by molar-refractivity contribution is 5.65. The van der Waals surface area contributed by atoms with E-state index in [-0.39, 0.29) is 5.92 Å². The Morgan fingerprint density at radius 3 is 2.82 bits per heavy atom. The van der Waals surface area contributed by atoms with Crippen LogP contribution in [-0.2, 0) is 13.2 Å². The zero-order valence-electron chi connectivity index (χ0n) is 18.6. The maximum atomic E-state index is 13.6. The molecular formula is C25H25FN6O. The molecule has 0 N–H and O–H groups in total. The van der Waals surface area contributed by atoms with Gasteiger partial charge in [-0.15, -0.1) is 0 Å². The fourth-order valence-corrected chi connectivity index (χ4v) is 4.33. The molecule has 33 heavy (non-hydrogen) atoms. The van der Waals surface area contributed by atoms with E-state index in [1.165, 1.54) is 0 Å². The fourth-order valence-electron chi connectivity index (χ4n) is 4.33. The highest BCUT2D eigenvalue weighted by Crippen LogP contribution is 2.34. The summed E-state index contributed by atoms with van der Waals surface area (Å²) in [5.41, 5.74) is 4.20. The van der Waals surface area contributed by atoms with Gasteiger partial charge in [0.15, 0.2) is 5.82 Å². The molecule has 168 valence electrons. The maximum absolute atomic E-state index is 13.6. The number of ether oxygens (including phenoxy) is 1. The van der Waals surface area contributed by atoms with Crippen molar-refractivity contribution in [1.29, 1.82) is 0 Å². The lowest BCUT2D eigenvalue weighted by atomic mass is 9.88. The molecule has 5 rings (SSSR count). The topological polar surface area (TPSA) is 70.7 Å². The Labute approximate surface area is 191 Å². The van der Waals surface area contributed by atoms with Gasteiger partial charge >= 0.3 is 0 Å². The minimum Gasteiger partial charge on any atom is -0.479 e. The number of halogens is 1. The number of aryl methyl sites for hydroxylation is 2. The molecule has 0 saturated heterocycles. The third kappa shape index (κ3) is 4.16. The number of rotatable bonds is 6. The van der Waals surface area contributed by atoms with Gasteiger partial charge < -0.3 is 9.30 Å². The SMILES string of the molecule is COc1nc(/C=C/c2nc3n(n2)CCC[C@@H]3c2ccccc2CF)ccc1-n1cnc(C)c1. The molecule has 4 heterocycles. The van der Waals surface area contributed by atoms with Crippen LogP contribution < -0.4 is 4.74 Å². The van der Waals surface area contributed by atoms with Gasteiger partial charge in [-0.1, -0.05) is 24.3 Å². The summed E-state index contributed by atoms with van der Waals surface area (Å²) >= 11 is 0. The smallest absolute Gasteiger partial charge is 0.238 e. The molecule has 4 aromatic rings. The van der Waals surface area contributed by atoms with Crippen molar-refractivity contribution >= 4 is 12.2 Å². The zero-order valence-corrected chi connectivity index (χ0v) is 18.6. The van der Waals surface area contributed by atoms with Crippen molar-refractivity contribution in [3.05, 3.63) is 83.1 Å². The number of nitrogens with zero attached hydrogens (tertiary/aromatic N) is 6. The van der Waals surface area contributed by atoms with Crippen LogP contribution in [0.15, 0.2) is 48.9 Å². The quantitative estimate of drug-likeness (QED) is 0.430. The molecule has 1 atom stereocenters. The van der Waals surface area contributed by atoms with Crippen LogP contribution in [0.4, 0.5) is 4.39 Å². The van der Waals surface area contributed by atoms with Crippen molar-refractivity contribution in [2.45, 2.75) is 38.9 Å². The van der Waals surface area contributed by atoms with E-state index in [1.54, 1.807) is 13.4 Å². The summed E-state index contributed by atoms with van der Waals surface area (Å²) in [6.07, 6.45) is 9.31. The first-order valence-electron chi connectivity index (χ1n) is 11.0. The Morgan fingerprint density at radius 2 is 2.03 bits per heavy atom. The summed E-state index contributed by atoms with van der Waals surface area (Å²) in [6, 6.07) is 11.5. The van der Waals surface area contributed by atoms with Crippen LogP contribution in [0.5, 0.6) is 5.88 Å². The molecule has 0 radical (unpaired) electrons. The number of aromatic nitrogens is 6. The second kappa shape index (κ2) is 8.97. The Bertz CT molecular complexity index is 1310. The molecule has 0 aliphatic carbocycles. The number of pyridine rings is 1. The van der Waals surface area contributed by atoms with E-state index in [2.05, 4.69) is 15.1 Å². The van der Waals surface area contributed by atoms with Crippen LogP contribution in [0.25, 0.3) is 17.8 Å². The molecule has 0 saturated carbocycles. The standard InChI is InChI=1S/C25H25FN6O/c1-17-15-31(16-27-17)22-11-9-19(28-25(22)33-2)10-12-23-29-24-21(8-5-13-32(24)30-23)20-7-4-3-6-18(20)14-26/h3-4,6-7,9-12,15-16,21H,5,8,13-14H2,1-2H3/b12-10+/t21-/m1/s1. The van der Waals surface area contributed by atoms with E-state index in [0.29, 0.717) is 11.7 Å². The fraction of sp³-hybridized carbons (Fsp3) is 0.280. The van der Waals surface area contributed by atoms with E-state index >= 15 is 0 Å². The number of fused-ring (bicyclic) bond motifs is 1.